The minimum atomic E-state index is -4.96. The Morgan fingerprint density at radius 2 is 1.59 bits per heavy atom. The number of hydrogen-bond donors (Lipinski definition) is 1. The van der Waals surface area contributed by atoms with Gasteiger partial charge in [-0.1, -0.05) is 11.6 Å². The number of nitro groups is 2. The first-order valence-corrected chi connectivity index (χ1v) is 5.56. The topological polar surface area (TPSA) is 141 Å². The van der Waals surface area contributed by atoms with Gasteiger partial charge in [0.1, 0.15) is 5.02 Å². The molecule has 0 fully saturated rings. The van der Waals surface area contributed by atoms with Gasteiger partial charge in [-0.05, 0) is 0 Å². The van der Waals surface area contributed by atoms with Gasteiger partial charge in [-0.15, -0.1) is 0 Å². The molecule has 0 radical (unpaired) electrons. The Labute approximate surface area is 98.7 Å². The Morgan fingerprint density at radius 1 is 1.12 bits per heavy atom. The highest BCUT2D eigenvalue weighted by atomic mass is 35.5. The molecule has 17 heavy (non-hydrogen) atoms. The van der Waals surface area contributed by atoms with Crippen molar-refractivity contribution >= 4 is 33.1 Å². The summed E-state index contributed by atoms with van der Waals surface area (Å²) >= 11 is 5.37. The van der Waals surface area contributed by atoms with Gasteiger partial charge in [-0.2, -0.15) is 8.42 Å². The molecule has 0 saturated carbocycles. The largest absolute Gasteiger partial charge is 0.301 e. The molecule has 0 saturated heterocycles. The number of halogens is 1. The number of rotatable bonds is 3. The molecule has 1 aromatic carbocycles. The van der Waals surface area contributed by atoms with Gasteiger partial charge in [0.2, 0.25) is 0 Å². The van der Waals surface area contributed by atoms with Gasteiger partial charge in [-0.25, -0.2) is 0 Å². The third-order valence-corrected chi connectivity index (χ3v) is 2.89. The average Bonchev–Trinajstić information content (AvgIpc) is 2.14. The van der Waals surface area contributed by atoms with E-state index >= 15 is 0 Å². The second kappa shape index (κ2) is 4.24. The maximum Gasteiger partial charge on any atom is 0.301 e. The zero-order valence-electron chi connectivity index (χ0n) is 7.73. The first kappa shape index (κ1) is 13.3. The number of hydrogen-bond acceptors (Lipinski definition) is 6. The molecule has 0 amide bonds. The molecule has 0 aliphatic heterocycles. The van der Waals surface area contributed by atoms with Gasteiger partial charge in [0.05, 0.1) is 9.85 Å². The monoisotopic (exact) mass is 282 g/mol. The molecule has 0 aromatic heterocycles. The molecule has 0 atom stereocenters. The Balaban J connectivity index is 3.72. The van der Waals surface area contributed by atoms with E-state index in [2.05, 4.69) is 0 Å². The number of nitro benzene ring substituents is 2. The molecular weight excluding hydrogens is 280 g/mol. The summed E-state index contributed by atoms with van der Waals surface area (Å²) in [4.78, 5) is 17.6. The van der Waals surface area contributed by atoms with Crippen LogP contribution in [0.15, 0.2) is 17.0 Å². The molecule has 9 nitrogen and oxygen atoms in total. The van der Waals surface area contributed by atoms with Crippen LogP contribution in [-0.2, 0) is 10.1 Å². The lowest BCUT2D eigenvalue weighted by Gasteiger charge is -2.01. The molecule has 1 aromatic rings. The van der Waals surface area contributed by atoms with Crippen molar-refractivity contribution in [3.8, 4) is 0 Å². The van der Waals surface area contributed by atoms with Crippen molar-refractivity contribution in [2.45, 2.75) is 4.90 Å². The Hall–Kier alpha value is -1.78. The van der Waals surface area contributed by atoms with Crippen molar-refractivity contribution < 1.29 is 22.8 Å². The van der Waals surface area contributed by atoms with E-state index in [4.69, 9.17) is 16.2 Å². The van der Waals surface area contributed by atoms with Gasteiger partial charge in [0, 0.05) is 12.1 Å². The molecular formula is C6H3ClN2O7S. The summed E-state index contributed by atoms with van der Waals surface area (Å²) in [7, 11) is -4.96. The summed E-state index contributed by atoms with van der Waals surface area (Å²) in [6.45, 7) is 0. The summed E-state index contributed by atoms with van der Waals surface area (Å²) in [5.74, 6) is 0. The SMILES string of the molecule is O=[N+]([O-])c1cc(S(=O)(=O)O)c([N+](=O)[O-])cc1Cl. The van der Waals surface area contributed by atoms with Crippen LogP contribution in [0.2, 0.25) is 5.02 Å². The van der Waals surface area contributed by atoms with E-state index in [1.165, 1.54) is 0 Å². The van der Waals surface area contributed by atoms with E-state index in [0.29, 0.717) is 12.1 Å². The predicted octanol–water partition coefficient (Wildman–Crippen LogP) is 1.40. The van der Waals surface area contributed by atoms with E-state index in [0.717, 1.165) is 0 Å². The second-order valence-corrected chi connectivity index (χ2v) is 4.56. The molecule has 92 valence electrons. The molecule has 0 spiro atoms. The van der Waals surface area contributed by atoms with Crippen LogP contribution < -0.4 is 0 Å². The summed E-state index contributed by atoms with van der Waals surface area (Å²) in [5.41, 5.74) is -1.90. The normalized spacial score (nSPS) is 11.2. The number of benzene rings is 1. The summed E-state index contributed by atoms with van der Waals surface area (Å²) in [6, 6.07) is 0.818. The molecule has 0 bridgehead atoms. The van der Waals surface area contributed by atoms with Gasteiger partial charge in [0.25, 0.3) is 11.4 Å². The van der Waals surface area contributed by atoms with Crippen molar-refractivity contribution in [2.75, 3.05) is 0 Å². The maximum absolute atomic E-state index is 10.8. The fourth-order valence-corrected chi connectivity index (χ4v) is 1.91. The minimum Gasteiger partial charge on any atom is -0.282 e. The number of nitrogens with zero attached hydrogens (tertiary/aromatic N) is 2. The van der Waals surface area contributed by atoms with Crippen LogP contribution in [0.4, 0.5) is 11.4 Å². The summed E-state index contributed by atoms with van der Waals surface area (Å²) in [6.07, 6.45) is 0. The van der Waals surface area contributed by atoms with Crippen LogP contribution in [0.5, 0.6) is 0 Å². The van der Waals surface area contributed by atoms with Crippen molar-refractivity contribution in [3.05, 3.63) is 37.4 Å². The quantitative estimate of drug-likeness (QED) is 0.501. The van der Waals surface area contributed by atoms with Crippen molar-refractivity contribution in [1.82, 2.24) is 0 Å². The molecule has 0 heterocycles. The van der Waals surface area contributed by atoms with Crippen LogP contribution in [-0.4, -0.2) is 22.8 Å². The molecule has 1 rings (SSSR count). The van der Waals surface area contributed by atoms with Crippen molar-refractivity contribution in [1.29, 1.82) is 0 Å². The summed E-state index contributed by atoms with van der Waals surface area (Å²) < 4.78 is 30.4. The first-order valence-electron chi connectivity index (χ1n) is 3.74. The van der Waals surface area contributed by atoms with Gasteiger partial charge in [0.15, 0.2) is 4.90 Å². The van der Waals surface area contributed by atoms with E-state index < -0.39 is 41.3 Å². The molecule has 0 unspecified atom stereocenters. The Morgan fingerprint density at radius 3 is 1.94 bits per heavy atom. The predicted molar refractivity (Wildman–Crippen MR) is 54.6 cm³/mol. The average molecular weight is 283 g/mol. The van der Waals surface area contributed by atoms with Gasteiger partial charge in [-0.3, -0.25) is 24.8 Å². The van der Waals surface area contributed by atoms with Crippen LogP contribution in [0.3, 0.4) is 0 Å². The van der Waals surface area contributed by atoms with Gasteiger partial charge >= 0.3 is 10.1 Å². The van der Waals surface area contributed by atoms with E-state index in [-0.39, 0.29) is 0 Å². The smallest absolute Gasteiger partial charge is 0.282 e. The third-order valence-electron chi connectivity index (χ3n) is 1.70. The maximum atomic E-state index is 10.8. The van der Waals surface area contributed by atoms with Crippen molar-refractivity contribution in [2.24, 2.45) is 0 Å². The molecule has 0 aliphatic carbocycles. The lowest BCUT2D eigenvalue weighted by Crippen LogP contribution is -2.04. The summed E-state index contributed by atoms with van der Waals surface area (Å²) in [5, 5.41) is 20.4. The van der Waals surface area contributed by atoms with E-state index in [1.54, 1.807) is 0 Å². The molecule has 1 N–H and O–H groups in total. The lowest BCUT2D eigenvalue weighted by atomic mass is 10.3. The fourth-order valence-electron chi connectivity index (χ4n) is 1.02. The highest BCUT2D eigenvalue weighted by molar-refractivity contribution is 7.86. The van der Waals surface area contributed by atoms with E-state index in [1.807, 2.05) is 0 Å². The van der Waals surface area contributed by atoms with Crippen LogP contribution in [0.25, 0.3) is 0 Å². The zero-order valence-corrected chi connectivity index (χ0v) is 9.30. The molecule has 11 heteroatoms. The molecule has 0 aliphatic rings. The first-order chi connectivity index (χ1) is 7.64. The highest BCUT2D eigenvalue weighted by Gasteiger charge is 2.29. The zero-order chi connectivity index (χ0) is 13.4. The van der Waals surface area contributed by atoms with Crippen molar-refractivity contribution in [3.63, 3.8) is 0 Å². The Bertz CT molecular complexity index is 611. The van der Waals surface area contributed by atoms with Crippen LogP contribution in [0, 0.1) is 20.2 Å². The van der Waals surface area contributed by atoms with Crippen LogP contribution in [0.1, 0.15) is 0 Å². The Kier molecular flexibility index (Phi) is 3.31. The second-order valence-electron chi connectivity index (χ2n) is 2.76. The fraction of sp³-hybridized carbons (Fsp3) is 0. The van der Waals surface area contributed by atoms with E-state index in [9.17, 15) is 28.6 Å². The lowest BCUT2D eigenvalue weighted by molar-refractivity contribution is -0.391. The standard InChI is InChI=1S/C6H3ClN2O7S/c7-3-1-5(9(12)13)6(17(14,15)16)2-4(3)8(10)11/h1-2H,(H,14,15,16). The third kappa shape index (κ3) is 2.67. The van der Waals surface area contributed by atoms with Crippen LogP contribution >= 0.6 is 11.6 Å². The highest BCUT2D eigenvalue weighted by Crippen LogP contribution is 2.34. The minimum absolute atomic E-state index is 0.329. The van der Waals surface area contributed by atoms with Gasteiger partial charge < -0.3 is 0 Å².